The molecular formula is C25H17ClO8. The monoisotopic (exact) mass is 480 g/mol. The molecule has 1 aromatic heterocycles. The van der Waals surface area contributed by atoms with Gasteiger partial charge in [0.05, 0.1) is 7.11 Å². The Hall–Kier alpha value is -4.30. The van der Waals surface area contributed by atoms with E-state index in [0.29, 0.717) is 11.3 Å². The van der Waals surface area contributed by atoms with Crippen LogP contribution in [-0.4, -0.2) is 30.8 Å². The van der Waals surface area contributed by atoms with E-state index in [0.717, 1.165) is 0 Å². The third-order valence-electron chi connectivity index (χ3n) is 4.77. The van der Waals surface area contributed by atoms with Crippen LogP contribution in [-0.2, 0) is 9.53 Å². The van der Waals surface area contributed by atoms with Crippen molar-refractivity contribution in [2.75, 3.05) is 13.7 Å². The lowest BCUT2D eigenvalue weighted by molar-refractivity contribution is -0.136. The first-order chi connectivity index (χ1) is 16.4. The summed E-state index contributed by atoms with van der Waals surface area (Å²) in [6, 6.07) is 17.0. The van der Waals surface area contributed by atoms with Gasteiger partial charge in [-0.1, -0.05) is 41.9 Å². The van der Waals surface area contributed by atoms with Crippen molar-refractivity contribution in [3.63, 3.8) is 0 Å². The van der Waals surface area contributed by atoms with Crippen LogP contribution in [0.25, 0.3) is 22.3 Å². The van der Waals surface area contributed by atoms with Crippen LogP contribution in [0.15, 0.2) is 75.9 Å². The molecule has 0 amide bonds. The molecule has 0 aliphatic rings. The topological polar surface area (TPSA) is 112 Å². The van der Waals surface area contributed by atoms with Crippen LogP contribution < -0.4 is 14.9 Å². The maximum atomic E-state index is 12.5. The molecule has 1 heterocycles. The summed E-state index contributed by atoms with van der Waals surface area (Å²) in [7, 11) is 1.19. The van der Waals surface area contributed by atoms with Gasteiger partial charge in [-0.2, -0.15) is 0 Å². The van der Waals surface area contributed by atoms with Crippen molar-refractivity contribution in [2.45, 2.75) is 0 Å². The number of esters is 2. The third-order valence-corrected chi connectivity index (χ3v) is 5.01. The summed E-state index contributed by atoms with van der Waals surface area (Å²) in [4.78, 5) is 36.7. The number of methoxy groups -OCH3 is 1. The van der Waals surface area contributed by atoms with Crippen LogP contribution in [0, 0.1) is 0 Å². The predicted octanol–water partition coefficient (Wildman–Crippen LogP) is 4.59. The number of ether oxygens (including phenoxy) is 3. The highest BCUT2D eigenvalue weighted by Crippen LogP contribution is 2.31. The van der Waals surface area contributed by atoms with Gasteiger partial charge in [0.2, 0.25) is 0 Å². The highest BCUT2D eigenvalue weighted by atomic mass is 35.5. The summed E-state index contributed by atoms with van der Waals surface area (Å²) in [5, 5.41) is 10.6. The SMILES string of the molecule is COC(=O)c1ccc(Cl)cc1OC(=O)COc1cc(O)c2c(=O)cc(-c3ccccc3)oc2c1. The molecule has 4 aromatic rings. The fourth-order valence-electron chi connectivity index (χ4n) is 3.23. The number of phenols is 1. The highest BCUT2D eigenvalue weighted by molar-refractivity contribution is 6.30. The van der Waals surface area contributed by atoms with Crippen molar-refractivity contribution in [1.82, 2.24) is 0 Å². The van der Waals surface area contributed by atoms with Crippen molar-refractivity contribution >= 4 is 34.5 Å². The number of benzene rings is 3. The van der Waals surface area contributed by atoms with E-state index < -0.39 is 24.0 Å². The molecule has 1 N–H and O–H groups in total. The lowest BCUT2D eigenvalue weighted by Gasteiger charge is -2.11. The molecule has 0 bridgehead atoms. The first-order valence-corrected chi connectivity index (χ1v) is 10.3. The van der Waals surface area contributed by atoms with Crippen LogP contribution in [0.2, 0.25) is 5.02 Å². The molecule has 3 aromatic carbocycles. The summed E-state index contributed by atoms with van der Waals surface area (Å²) in [5.74, 6) is -1.62. The van der Waals surface area contributed by atoms with Crippen LogP contribution >= 0.6 is 11.6 Å². The second-order valence-electron chi connectivity index (χ2n) is 7.05. The van der Waals surface area contributed by atoms with Gasteiger partial charge in [-0.15, -0.1) is 0 Å². The van der Waals surface area contributed by atoms with E-state index in [-0.39, 0.29) is 38.8 Å². The Morgan fingerprint density at radius 3 is 2.53 bits per heavy atom. The highest BCUT2D eigenvalue weighted by Gasteiger charge is 2.18. The van der Waals surface area contributed by atoms with Gasteiger partial charge < -0.3 is 23.7 Å². The van der Waals surface area contributed by atoms with Crippen molar-refractivity contribution in [1.29, 1.82) is 0 Å². The quantitative estimate of drug-likeness (QED) is 0.315. The number of fused-ring (bicyclic) bond motifs is 1. The van der Waals surface area contributed by atoms with E-state index in [9.17, 15) is 19.5 Å². The Morgan fingerprint density at radius 2 is 1.79 bits per heavy atom. The van der Waals surface area contributed by atoms with Gasteiger partial charge in [-0.3, -0.25) is 4.79 Å². The molecular weight excluding hydrogens is 464 g/mol. The van der Waals surface area contributed by atoms with Gasteiger partial charge in [0.25, 0.3) is 0 Å². The number of halogens is 1. The van der Waals surface area contributed by atoms with Gasteiger partial charge in [0.1, 0.15) is 39.5 Å². The standard InChI is InChI=1S/C25H17ClO8/c1-31-25(30)17-8-7-15(26)9-21(17)34-23(29)13-32-16-10-18(27)24-19(28)12-20(33-22(24)11-16)14-5-3-2-4-6-14/h2-12,27H,13H2,1H3. The molecule has 0 fully saturated rings. The average molecular weight is 481 g/mol. The fraction of sp³-hybridized carbons (Fsp3) is 0.0800. The van der Waals surface area contributed by atoms with Crippen molar-refractivity contribution in [3.05, 3.63) is 87.5 Å². The zero-order valence-electron chi connectivity index (χ0n) is 17.7. The van der Waals surface area contributed by atoms with Gasteiger partial charge in [0, 0.05) is 34.9 Å². The van der Waals surface area contributed by atoms with E-state index >= 15 is 0 Å². The van der Waals surface area contributed by atoms with E-state index in [4.69, 9.17) is 25.5 Å². The summed E-state index contributed by atoms with van der Waals surface area (Å²) in [5.41, 5.74) is 0.343. The largest absolute Gasteiger partial charge is 0.507 e. The second-order valence-corrected chi connectivity index (χ2v) is 7.49. The molecule has 0 atom stereocenters. The third kappa shape index (κ3) is 4.87. The van der Waals surface area contributed by atoms with E-state index in [2.05, 4.69) is 4.74 Å². The summed E-state index contributed by atoms with van der Waals surface area (Å²) in [6.07, 6.45) is 0. The molecule has 4 rings (SSSR count). The second kappa shape index (κ2) is 9.68. The first-order valence-electron chi connectivity index (χ1n) is 9.93. The van der Waals surface area contributed by atoms with E-state index in [1.165, 1.54) is 43.5 Å². The number of aromatic hydroxyl groups is 1. The lowest BCUT2D eigenvalue weighted by Crippen LogP contribution is -2.19. The Kier molecular flexibility index (Phi) is 6.51. The molecule has 0 saturated heterocycles. The van der Waals surface area contributed by atoms with E-state index in [1.807, 2.05) is 6.07 Å². The minimum atomic E-state index is -0.841. The van der Waals surface area contributed by atoms with Crippen molar-refractivity contribution in [2.24, 2.45) is 0 Å². The molecule has 8 nitrogen and oxygen atoms in total. The lowest BCUT2D eigenvalue weighted by atomic mass is 10.1. The predicted molar refractivity (Wildman–Crippen MR) is 124 cm³/mol. The van der Waals surface area contributed by atoms with Crippen LogP contribution in [0.1, 0.15) is 10.4 Å². The Balaban J connectivity index is 1.56. The molecule has 0 aliphatic carbocycles. The summed E-state index contributed by atoms with van der Waals surface area (Å²) >= 11 is 5.93. The average Bonchev–Trinajstić information content (AvgIpc) is 2.82. The number of carbonyl (C=O) groups excluding carboxylic acids is 2. The zero-order valence-corrected chi connectivity index (χ0v) is 18.5. The van der Waals surface area contributed by atoms with Gasteiger partial charge in [0.15, 0.2) is 12.0 Å². The minimum Gasteiger partial charge on any atom is -0.507 e. The molecule has 0 aliphatic heterocycles. The molecule has 34 heavy (non-hydrogen) atoms. The van der Waals surface area contributed by atoms with Gasteiger partial charge >= 0.3 is 11.9 Å². The smallest absolute Gasteiger partial charge is 0.349 e. The Morgan fingerprint density at radius 1 is 1.03 bits per heavy atom. The maximum absolute atomic E-state index is 12.5. The van der Waals surface area contributed by atoms with Gasteiger partial charge in [-0.25, -0.2) is 9.59 Å². The Bertz CT molecular complexity index is 1440. The minimum absolute atomic E-state index is 0.0128. The summed E-state index contributed by atoms with van der Waals surface area (Å²) in [6.45, 7) is -0.569. The van der Waals surface area contributed by atoms with Crippen LogP contribution in [0.5, 0.6) is 17.2 Å². The summed E-state index contributed by atoms with van der Waals surface area (Å²) < 4.78 is 21.1. The van der Waals surface area contributed by atoms with Crippen LogP contribution in [0.4, 0.5) is 0 Å². The maximum Gasteiger partial charge on any atom is 0.349 e. The molecule has 0 radical (unpaired) electrons. The van der Waals surface area contributed by atoms with Crippen molar-refractivity contribution < 1.29 is 33.3 Å². The van der Waals surface area contributed by atoms with Crippen LogP contribution in [0.3, 0.4) is 0 Å². The van der Waals surface area contributed by atoms with Gasteiger partial charge in [-0.05, 0) is 12.1 Å². The number of phenolic OH excluding ortho intramolecular Hbond substituents is 1. The normalized spacial score (nSPS) is 10.6. The number of hydrogen-bond donors (Lipinski definition) is 1. The number of rotatable bonds is 6. The Labute approximate surface area is 197 Å². The zero-order chi connectivity index (χ0) is 24.2. The molecule has 9 heteroatoms. The van der Waals surface area contributed by atoms with Crippen molar-refractivity contribution in [3.8, 4) is 28.6 Å². The molecule has 0 unspecified atom stereocenters. The fourth-order valence-corrected chi connectivity index (χ4v) is 3.39. The molecule has 172 valence electrons. The number of carbonyl (C=O) groups is 2. The number of hydrogen-bond acceptors (Lipinski definition) is 8. The van der Waals surface area contributed by atoms with E-state index in [1.54, 1.807) is 24.3 Å². The molecule has 0 saturated carbocycles. The molecule has 0 spiro atoms. The first kappa shape index (κ1) is 22.9.